The molecule has 2 saturated heterocycles. The Hall–Kier alpha value is -3.60. The van der Waals surface area contributed by atoms with Gasteiger partial charge in [-0.05, 0) is 76.1 Å². The van der Waals surface area contributed by atoms with Crippen molar-refractivity contribution < 1.29 is 19.1 Å². The minimum absolute atomic E-state index is 0.189. The van der Waals surface area contributed by atoms with Gasteiger partial charge in [0.25, 0.3) is 5.91 Å². The number of anilines is 1. The van der Waals surface area contributed by atoms with Crippen molar-refractivity contribution in [3.63, 3.8) is 0 Å². The van der Waals surface area contributed by atoms with Gasteiger partial charge in [-0.3, -0.25) is 19.3 Å². The summed E-state index contributed by atoms with van der Waals surface area (Å²) in [5.41, 5.74) is 3.77. The van der Waals surface area contributed by atoms with Gasteiger partial charge in [0, 0.05) is 49.0 Å². The third-order valence-electron chi connectivity index (χ3n) is 7.63. The lowest BCUT2D eigenvalue weighted by Gasteiger charge is -2.30. The molecule has 0 saturated carbocycles. The number of benzene rings is 2. The molecule has 1 aromatic heterocycles. The van der Waals surface area contributed by atoms with Gasteiger partial charge in [0.15, 0.2) is 0 Å². The lowest BCUT2D eigenvalue weighted by molar-refractivity contribution is -0.135. The lowest BCUT2D eigenvalue weighted by Crippen LogP contribution is -2.51. The van der Waals surface area contributed by atoms with Crippen LogP contribution in [0.3, 0.4) is 0 Å². The number of nitrogens with zero attached hydrogens (tertiary/aromatic N) is 3. The molecule has 10 heteroatoms. The largest absolute Gasteiger partial charge is 0.379 e. The second-order valence-corrected chi connectivity index (χ2v) is 11.6. The minimum atomic E-state index is -0.986. The van der Waals surface area contributed by atoms with Crippen LogP contribution >= 0.6 is 15.9 Å². The third kappa shape index (κ3) is 8.02. The standard InChI is InChI=1S/C32H36BrN5O4/c33-26-12-13-29(34-21-26)36-30(39)20-28(32(41)38-14-4-1-5-15-38)35-31(40)24-10-8-23(9-11-24)27-7-3-2-6-25(27)22-37-16-18-42-19-17-37/h2-3,6-13,21,28H,1,4-5,14-20,22H2,(H,35,40)(H,34,36,39)/t28-/m0/s1. The van der Waals surface area contributed by atoms with Crippen LogP contribution in [0, 0.1) is 0 Å². The molecule has 2 aliphatic rings. The molecule has 42 heavy (non-hydrogen) atoms. The molecule has 3 heterocycles. The summed E-state index contributed by atoms with van der Waals surface area (Å²) in [5.74, 6) is -0.653. The monoisotopic (exact) mass is 633 g/mol. The van der Waals surface area contributed by atoms with E-state index in [4.69, 9.17) is 4.74 Å². The van der Waals surface area contributed by atoms with Gasteiger partial charge in [-0.2, -0.15) is 0 Å². The van der Waals surface area contributed by atoms with Gasteiger partial charge in [-0.25, -0.2) is 4.98 Å². The molecular formula is C32H36BrN5O4. The molecule has 0 radical (unpaired) electrons. The summed E-state index contributed by atoms with van der Waals surface area (Å²) in [6, 6.07) is 18.1. The van der Waals surface area contributed by atoms with Crippen molar-refractivity contribution in [3.05, 3.63) is 82.5 Å². The number of nitrogens with one attached hydrogen (secondary N) is 2. The molecular weight excluding hydrogens is 598 g/mol. The number of likely N-dealkylation sites (tertiary alicyclic amines) is 1. The smallest absolute Gasteiger partial charge is 0.251 e. The number of piperidine rings is 1. The molecule has 0 aliphatic carbocycles. The van der Waals surface area contributed by atoms with Gasteiger partial charge >= 0.3 is 0 Å². The van der Waals surface area contributed by atoms with E-state index < -0.39 is 17.9 Å². The Balaban J connectivity index is 1.28. The normalized spacial score (nSPS) is 16.5. The average Bonchev–Trinajstić information content (AvgIpc) is 3.03. The highest BCUT2D eigenvalue weighted by atomic mass is 79.9. The Morgan fingerprint density at radius 3 is 2.36 bits per heavy atom. The quantitative estimate of drug-likeness (QED) is 0.360. The first kappa shape index (κ1) is 29.9. The molecule has 1 atom stereocenters. The van der Waals surface area contributed by atoms with E-state index in [1.54, 1.807) is 35.4 Å². The van der Waals surface area contributed by atoms with E-state index in [0.717, 1.165) is 67.7 Å². The van der Waals surface area contributed by atoms with Gasteiger partial charge in [0.1, 0.15) is 11.9 Å². The Kier molecular flexibility index (Phi) is 10.3. The molecule has 2 N–H and O–H groups in total. The summed E-state index contributed by atoms with van der Waals surface area (Å²) in [5, 5.41) is 5.57. The summed E-state index contributed by atoms with van der Waals surface area (Å²) in [4.78, 5) is 48.0. The number of carbonyl (C=O) groups excluding carboxylic acids is 3. The summed E-state index contributed by atoms with van der Waals surface area (Å²) >= 11 is 3.33. The van der Waals surface area contributed by atoms with Crippen LogP contribution < -0.4 is 10.6 Å². The van der Waals surface area contributed by atoms with Crippen molar-refractivity contribution in [2.24, 2.45) is 0 Å². The highest BCUT2D eigenvalue weighted by Gasteiger charge is 2.29. The maximum atomic E-state index is 13.4. The number of hydrogen-bond acceptors (Lipinski definition) is 6. The van der Waals surface area contributed by atoms with E-state index >= 15 is 0 Å². The van der Waals surface area contributed by atoms with Crippen LogP contribution in [0.5, 0.6) is 0 Å². The summed E-state index contributed by atoms with van der Waals surface area (Å²) in [6.07, 6.45) is 4.29. The molecule has 9 nitrogen and oxygen atoms in total. The first-order valence-electron chi connectivity index (χ1n) is 14.5. The zero-order chi connectivity index (χ0) is 29.3. The summed E-state index contributed by atoms with van der Waals surface area (Å²) in [7, 11) is 0. The fourth-order valence-electron chi connectivity index (χ4n) is 5.35. The maximum Gasteiger partial charge on any atom is 0.251 e. The van der Waals surface area contributed by atoms with Crippen molar-refractivity contribution in [2.75, 3.05) is 44.7 Å². The number of pyridine rings is 1. The maximum absolute atomic E-state index is 13.4. The van der Waals surface area contributed by atoms with Gasteiger partial charge in [-0.1, -0.05) is 36.4 Å². The predicted octanol–water partition coefficient (Wildman–Crippen LogP) is 4.48. The lowest BCUT2D eigenvalue weighted by atomic mass is 9.98. The van der Waals surface area contributed by atoms with Crippen LogP contribution in [-0.4, -0.2) is 77.9 Å². The van der Waals surface area contributed by atoms with E-state index in [0.29, 0.717) is 24.5 Å². The third-order valence-corrected chi connectivity index (χ3v) is 8.10. The predicted molar refractivity (Wildman–Crippen MR) is 165 cm³/mol. The molecule has 3 aromatic rings. The Labute approximate surface area is 254 Å². The molecule has 0 bridgehead atoms. The number of carbonyl (C=O) groups is 3. The van der Waals surface area contributed by atoms with E-state index in [2.05, 4.69) is 48.6 Å². The molecule has 2 aliphatic heterocycles. The number of rotatable bonds is 9. The number of halogens is 1. The first-order chi connectivity index (χ1) is 20.5. The van der Waals surface area contributed by atoms with Gasteiger partial charge in [-0.15, -0.1) is 0 Å². The first-order valence-corrected chi connectivity index (χ1v) is 15.2. The molecule has 5 rings (SSSR count). The van der Waals surface area contributed by atoms with Crippen molar-refractivity contribution in [2.45, 2.75) is 38.3 Å². The van der Waals surface area contributed by atoms with Crippen molar-refractivity contribution in [1.29, 1.82) is 0 Å². The number of hydrogen-bond donors (Lipinski definition) is 2. The zero-order valence-corrected chi connectivity index (χ0v) is 25.1. The minimum Gasteiger partial charge on any atom is -0.379 e. The Bertz CT molecular complexity index is 1370. The Morgan fingerprint density at radius 1 is 0.905 bits per heavy atom. The van der Waals surface area contributed by atoms with Crippen LogP contribution in [0.2, 0.25) is 0 Å². The molecule has 2 fully saturated rings. The second-order valence-electron chi connectivity index (χ2n) is 10.6. The number of amides is 3. The van der Waals surface area contributed by atoms with Crippen molar-refractivity contribution in [3.8, 4) is 11.1 Å². The molecule has 3 amide bonds. The van der Waals surface area contributed by atoms with Crippen LogP contribution in [0.15, 0.2) is 71.3 Å². The molecule has 0 spiro atoms. The van der Waals surface area contributed by atoms with E-state index in [1.165, 1.54) is 5.56 Å². The van der Waals surface area contributed by atoms with Crippen molar-refractivity contribution >= 4 is 39.5 Å². The van der Waals surface area contributed by atoms with Gasteiger partial charge < -0.3 is 20.3 Å². The van der Waals surface area contributed by atoms with Gasteiger partial charge in [0.05, 0.1) is 19.6 Å². The highest BCUT2D eigenvalue weighted by molar-refractivity contribution is 9.10. The number of aromatic nitrogens is 1. The van der Waals surface area contributed by atoms with E-state index in [9.17, 15) is 14.4 Å². The SMILES string of the molecule is O=C(C[C@H](NC(=O)c1ccc(-c2ccccc2CN2CCOCC2)cc1)C(=O)N1CCCCC1)Nc1ccc(Br)cn1. The Morgan fingerprint density at radius 2 is 1.64 bits per heavy atom. The topological polar surface area (TPSA) is 104 Å². The fourth-order valence-corrected chi connectivity index (χ4v) is 5.58. The number of ether oxygens (including phenoxy) is 1. The molecule has 0 unspecified atom stereocenters. The summed E-state index contributed by atoms with van der Waals surface area (Å²) in [6.45, 7) is 5.39. The zero-order valence-electron chi connectivity index (χ0n) is 23.6. The van der Waals surface area contributed by atoms with E-state index in [-0.39, 0.29) is 12.3 Å². The van der Waals surface area contributed by atoms with Crippen LogP contribution in [0.1, 0.15) is 41.6 Å². The molecule has 220 valence electrons. The molecule has 2 aromatic carbocycles. The van der Waals surface area contributed by atoms with Crippen LogP contribution in [0.4, 0.5) is 5.82 Å². The second kappa shape index (κ2) is 14.5. The van der Waals surface area contributed by atoms with Crippen LogP contribution in [-0.2, 0) is 20.9 Å². The van der Waals surface area contributed by atoms with Crippen molar-refractivity contribution in [1.82, 2.24) is 20.1 Å². The van der Waals surface area contributed by atoms with E-state index in [1.807, 2.05) is 24.3 Å². The van der Waals surface area contributed by atoms with Gasteiger partial charge in [0.2, 0.25) is 11.8 Å². The average molecular weight is 635 g/mol. The number of morpholine rings is 1. The highest BCUT2D eigenvalue weighted by Crippen LogP contribution is 2.26. The fraction of sp³-hybridized carbons (Fsp3) is 0.375. The van der Waals surface area contributed by atoms with Crippen LogP contribution in [0.25, 0.3) is 11.1 Å². The summed E-state index contributed by atoms with van der Waals surface area (Å²) < 4.78 is 6.28.